The van der Waals surface area contributed by atoms with Gasteiger partial charge in [0.15, 0.2) is 5.13 Å². The van der Waals surface area contributed by atoms with Crippen molar-refractivity contribution in [2.75, 3.05) is 17.1 Å². The van der Waals surface area contributed by atoms with E-state index in [4.69, 9.17) is 4.74 Å². The Morgan fingerprint density at radius 2 is 1.89 bits per heavy atom. The number of anilines is 2. The molecule has 10 heteroatoms. The molecule has 0 atom stereocenters. The maximum absolute atomic E-state index is 13.3. The predicted octanol–water partition coefficient (Wildman–Crippen LogP) is 5.57. The molecule has 0 unspecified atom stereocenters. The Kier molecular flexibility index (Phi) is 7.76. The number of phenolic OH excluding ortho intramolecular Hbond substituents is 1. The summed E-state index contributed by atoms with van der Waals surface area (Å²) in [5.41, 5.74) is 1.74. The molecule has 0 saturated heterocycles. The summed E-state index contributed by atoms with van der Waals surface area (Å²) in [6.07, 6.45) is 1.44. The van der Waals surface area contributed by atoms with E-state index in [1.54, 1.807) is 25.1 Å². The summed E-state index contributed by atoms with van der Waals surface area (Å²) in [7, 11) is -2.61. The number of aromatic hydroxyl groups is 1. The predicted molar refractivity (Wildman–Crippen MR) is 140 cm³/mol. The van der Waals surface area contributed by atoms with Gasteiger partial charge in [0.25, 0.3) is 10.0 Å². The molecule has 3 N–H and O–H groups in total. The van der Waals surface area contributed by atoms with Crippen LogP contribution in [0.25, 0.3) is 10.4 Å². The highest BCUT2D eigenvalue weighted by molar-refractivity contribution is 7.92. The number of nitrogens with one attached hydrogen (secondary N) is 2. The van der Waals surface area contributed by atoms with Crippen LogP contribution in [-0.4, -0.2) is 31.5 Å². The van der Waals surface area contributed by atoms with Crippen molar-refractivity contribution in [3.8, 4) is 21.9 Å². The van der Waals surface area contributed by atoms with Gasteiger partial charge in [-0.1, -0.05) is 45.5 Å². The molecule has 0 saturated carbocycles. The number of phenols is 1. The zero-order valence-electron chi connectivity index (χ0n) is 20.7. The van der Waals surface area contributed by atoms with Gasteiger partial charge in [0, 0.05) is 11.1 Å². The monoisotopic (exact) mass is 517 g/mol. The minimum atomic E-state index is -4.02. The van der Waals surface area contributed by atoms with Gasteiger partial charge in [0.2, 0.25) is 5.91 Å². The Hall–Kier alpha value is -3.11. The number of benzene rings is 2. The molecule has 3 aromatic rings. The molecule has 0 fully saturated rings. The van der Waals surface area contributed by atoms with Crippen molar-refractivity contribution in [3.05, 3.63) is 47.7 Å². The molecule has 0 bridgehead atoms. The second kappa shape index (κ2) is 10.2. The maximum Gasteiger partial charge on any atom is 0.265 e. The van der Waals surface area contributed by atoms with Gasteiger partial charge < -0.3 is 15.2 Å². The van der Waals surface area contributed by atoms with Gasteiger partial charge >= 0.3 is 0 Å². The number of rotatable bonds is 8. The van der Waals surface area contributed by atoms with Crippen LogP contribution in [0.4, 0.5) is 10.8 Å². The van der Waals surface area contributed by atoms with E-state index in [0.717, 1.165) is 11.3 Å². The minimum absolute atomic E-state index is 0.0318. The number of sulfonamides is 1. The fourth-order valence-corrected chi connectivity index (χ4v) is 5.56. The third-order valence-corrected chi connectivity index (χ3v) is 7.79. The van der Waals surface area contributed by atoms with Gasteiger partial charge in [-0.3, -0.25) is 9.52 Å². The standard InChI is InChI=1S/C25H31N3O5S2/c1-7-8-16-13-18(10-11-19(16)29)28-35(31,32)21-14-17(9-12-20(21)33-6)22-15(2)26-24(34-22)27-23(30)25(3,4)5/h9-14,28-29H,7-8H2,1-6H3,(H,26,27,30). The Labute approximate surface area is 210 Å². The number of aryl methyl sites for hydroxylation is 2. The number of methoxy groups -OCH3 is 1. The van der Waals surface area contributed by atoms with Gasteiger partial charge in [0.05, 0.1) is 17.7 Å². The lowest BCUT2D eigenvalue weighted by Crippen LogP contribution is -2.27. The van der Waals surface area contributed by atoms with Crippen molar-refractivity contribution in [1.82, 2.24) is 4.98 Å². The largest absolute Gasteiger partial charge is 0.508 e. The third kappa shape index (κ3) is 6.12. The second-order valence-electron chi connectivity index (χ2n) is 9.20. The lowest BCUT2D eigenvalue weighted by atomic mass is 9.96. The minimum Gasteiger partial charge on any atom is -0.508 e. The molecule has 0 aliphatic carbocycles. The van der Waals surface area contributed by atoms with Crippen LogP contribution in [0, 0.1) is 12.3 Å². The number of amides is 1. The van der Waals surface area contributed by atoms with Crippen molar-refractivity contribution >= 4 is 38.1 Å². The van der Waals surface area contributed by atoms with Crippen LogP contribution < -0.4 is 14.8 Å². The SMILES string of the molecule is CCCc1cc(NS(=O)(=O)c2cc(-c3sc(NC(=O)C(C)(C)C)nc3C)ccc2OC)ccc1O. The molecule has 0 aliphatic rings. The Morgan fingerprint density at radius 3 is 2.51 bits per heavy atom. The van der Waals surface area contributed by atoms with E-state index < -0.39 is 15.4 Å². The second-order valence-corrected chi connectivity index (χ2v) is 11.9. The van der Waals surface area contributed by atoms with E-state index in [2.05, 4.69) is 15.0 Å². The summed E-state index contributed by atoms with van der Waals surface area (Å²) in [4.78, 5) is 17.5. The zero-order valence-corrected chi connectivity index (χ0v) is 22.4. The van der Waals surface area contributed by atoms with Crippen molar-refractivity contribution in [3.63, 3.8) is 0 Å². The smallest absolute Gasteiger partial charge is 0.265 e. The quantitative estimate of drug-likeness (QED) is 0.336. The molecule has 1 aromatic heterocycles. The van der Waals surface area contributed by atoms with E-state index in [1.165, 1.54) is 36.6 Å². The van der Waals surface area contributed by atoms with Gasteiger partial charge in [-0.15, -0.1) is 0 Å². The van der Waals surface area contributed by atoms with Crippen LogP contribution in [0.1, 0.15) is 45.4 Å². The molecule has 0 aliphatic heterocycles. The fraction of sp³-hybridized carbons (Fsp3) is 0.360. The van der Waals surface area contributed by atoms with E-state index >= 15 is 0 Å². The van der Waals surface area contributed by atoms with Gasteiger partial charge in [-0.25, -0.2) is 13.4 Å². The average Bonchev–Trinajstić information content (AvgIpc) is 3.14. The van der Waals surface area contributed by atoms with Crippen LogP contribution in [0.2, 0.25) is 0 Å². The topological polar surface area (TPSA) is 118 Å². The molecule has 2 aromatic carbocycles. The van der Waals surface area contributed by atoms with E-state index in [9.17, 15) is 18.3 Å². The number of hydrogen-bond acceptors (Lipinski definition) is 7. The number of nitrogens with zero attached hydrogens (tertiary/aromatic N) is 1. The first-order valence-electron chi connectivity index (χ1n) is 11.2. The highest BCUT2D eigenvalue weighted by Gasteiger charge is 2.25. The van der Waals surface area contributed by atoms with Gasteiger partial charge in [0.1, 0.15) is 16.4 Å². The molecule has 1 amide bonds. The molecular weight excluding hydrogens is 486 g/mol. The number of carbonyl (C=O) groups excluding carboxylic acids is 1. The molecule has 1 heterocycles. The Balaban J connectivity index is 1.98. The van der Waals surface area contributed by atoms with Crippen LogP contribution in [-0.2, 0) is 21.2 Å². The Morgan fingerprint density at radius 1 is 1.17 bits per heavy atom. The molecule has 0 radical (unpaired) electrons. The molecule has 188 valence electrons. The van der Waals surface area contributed by atoms with E-state index in [0.29, 0.717) is 34.1 Å². The molecule has 8 nitrogen and oxygen atoms in total. The van der Waals surface area contributed by atoms with Gasteiger partial charge in [-0.2, -0.15) is 0 Å². The molecular formula is C25H31N3O5S2. The molecule has 35 heavy (non-hydrogen) atoms. The average molecular weight is 518 g/mol. The first-order valence-corrected chi connectivity index (χ1v) is 13.5. The van der Waals surface area contributed by atoms with Crippen LogP contribution in [0.3, 0.4) is 0 Å². The van der Waals surface area contributed by atoms with Crippen LogP contribution in [0.5, 0.6) is 11.5 Å². The van der Waals surface area contributed by atoms with Gasteiger partial charge in [-0.05, 0) is 60.9 Å². The highest BCUT2D eigenvalue weighted by Crippen LogP contribution is 2.37. The summed E-state index contributed by atoms with van der Waals surface area (Å²) in [5, 5.41) is 13.3. The summed E-state index contributed by atoms with van der Waals surface area (Å²) in [6.45, 7) is 9.23. The summed E-state index contributed by atoms with van der Waals surface area (Å²) in [5.74, 6) is 0.165. The fourth-order valence-electron chi connectivity index (χ4n) is 3.36. The van der Waals surface area contributed by atoms with Crippen molar-refractivity contribution in [2.45, 2.75) is 52.4 Å². The van der Waals surface area contributed by atoms with Crippen molar-refractivity contribution in [1.29, 1.82) is 0 Å². The van der Waals surface area contributed by atoms with Crippen LogP contribution in [0.15, 0.2) is 41.3 Å². The summed E-state index contributed by atoms with van der Waals surface area (Å²) < 4.78 is 34.6. The number of ether oxygens (including phenoxy) is 1. The Bertz CT molecular complexity index is 1340. The van der Waals surface area contributed by atoms with E-state index in [-0.39, 0.29) is 22.3 Å². The van der Waals surface area contributed by atoms with Crippen molar-refractivity contribution < 1.29 is 23.1 Å². The first-order chi connectivity index (χ1) is 16.4. The third-order valence-electron chi connectivity index (χ3n) is 5.26. The maximum atomic E-state index is 13.3. The number of carbonyl (C=O) groups is 1. The van der Waals surface area contributed by atoms with Crippen LogP contribution >= 0.6 is 11.3 Å². The number of aromatic nitrogens is 1. The normalized spacial score (nSPS) is 11.8. The molecule has 3 rings (SSSR count). The first kappa shape index (κ1) is 26.5. The lowest BCUT2D eigenvalue weighted by molar-refractivity contribution is -0.123. The zero-order chi connectivity index (χ0) is 26.0. The van der Waals surface area contributed by atoms with Crippen molar-refractivity contribution in [2.24, 2.45) is 5.41 Å². The van der Waals surface area contributed by atoms with E-state index in [1.807, 2.05) is 27.7 Å². The molecule has 0 spiro atoms. The summed E-state index contributed by atoms with van der Waals surface area (Å²) in [6, 6.07) is 9.50. The number of hydrogen-bond donors (Lipinski definition) is 3. The lowest BCUT2D eigenvalue weighted by Gasteiger charge is -2.15. The highest BCUT2D eigenvalue weighted by atomic mass is 32.2. The summed E-state index contributed by atoms with van der Waals surface area (Å²) >= 11 is 1.28. The number of thiazole rings is 1.